The smallest absolute Gasteiger partial charge is 0.323 e. The number of hydrogen-bond acceptors (Lipinski definition) is 7. The molecule has 0 spiro atoms. The molecular formula is C29H28FN9O2. The number of carbonyl (C=O) groups is 1. The van der Waals surface area contributed by atoms with Crippen molar-refractivity contribution in [1.82, 2.24) is 25.0 Å². The second kappa shape index (κ2) is 11.1. The van der Waals surface area contributed by atoms with Gasteiger partial charge < -0.3 is 16.0 Å². The van der Waals surface area contributed by atoms with Crippen LogP contribution in [0.2, 0.25) is 0 Å². The van der Waals surface area contributed by atoms with Gasteiger partial charge in [0, 0.05) is 41.8 Å². The van der Waals surface area contributed by atoms with Crippen LogP contribution in [0.1, 0.15) is 25.5 Å². The third-order valence-corrected chi connectivity index (χ3v) is 6.65. The van der Waals surface area contributed by atoms with Gasteiger partial charge in [-0.25, -0.2) is 14.2 Å². The maximum absolute atomic E-state index is 14.8. The number of nitriles is 1. The Morgan fingerprint density at radius 1 is 1.10 bits per heavy atom. The van der Waals surface area contributed by atoms with Crippen molar-refractivity contribution in [2.75, 3.05) is 17.7 Å². The quantitative estimate of drug-likeness (QED) is 0.289. The van der Waals surface area contributed by atoms with E-state index >= 15 is 0 Å². The zero-order chi connectivity index (χ0) is 29.3. The lowest BCUT2D eigenvalue weighted by atomic mass is 10.1. The molecule has 5 rings (SSSR count). The third kappa shape index (κ3) is 5.43. The minimum atomic E-state index is -0.688. The predicted octanol–water partition coefficient (Wildman–Crippen LogP) is 2.62. The Morgan fingerprint density at radius 2 is 1.80 bits per heavy atom. The summed E-state index contributed by atoms with van der Waals surface area (Å²) >= 11 is 0. The van der Waals surface area contributed by atoms with Crippen LogP contribution >= 0.6 is 0 Å². The summed E-state index contributed by atoms with van der Waals surface area (Å²) in [7, 11) is 3.37. The summed E-state index contributed by atoms with van der Waals surface area (Å²) in [6.07, 6.45) is 3.09. The minimum absolute atomic E-state index is 0.0171. The minimum Gasteiger partial charge on any atom is -0.357 e. The molecule has 0 radical (unpaired) electrons. The van der Waals surface area contributed by atoms with E-state index in [-0.39, 0.29) is 23.6 Å². The van der Waals surface area contributed by atoms with Crippen LogP contribution < -0.4 is 37.5 Å². The van der Waals surface area contributed by atoms with Crippen LogP contribution in [-0.4, -0.2) is 33.7 Å². The van der Waals surface area contributed by atoms with Crippen molar-refractivity contribution in [3.05, 3.63) is 87.2 Å². The molecule has 11 nitrogen and oxygen atoms in total. The molecule has 4 N–H and O–H groups in total. The van der Waals surface area contributed by atoms with Crippen molar-refractivity contribution in [2.24, 2.45) is 12.0 Å². The lowest BCUT2D eigenvalue weighted by Crippen LogP contribution is -2.51. The standard InChI is InChI=1S/C29H28FN9O2/c1-16(2)39-15-24(25(37-39)18-7-5-17(13-31)6-8-18)35-29(41)34-23-12-19(9-10-22(23)30)21-11-20-14-33-28(32-3)36-26(20)38(4)27(21)40/h5-12,14-16,28,32-33H,1-4H3,(H2,34,35,41). The van der Waals surface area contributed by atoms with E-state index in [0.717, 1.165) is 0 Å². The summed E-state index contributed by atoms with van der Waals surface area (Å²) in [6.45, 7) is 3.90. The molecule has 0 bridgehead atoms. The zero-order valence-electron chi connectivity index (χ0n) is 22.9. The number of nitrogens with zero attached hydrogens (tertiary/aromatic N) is 5. The van der Waals surface area contributed by atoms with Gasteiger partial charge in [0.15, 0.2) is 6.29 Å². The van der Waals surface area contributed by atoms with Gasteiger partial charge in [-0.2, -0.15) is 10.4 Å². The van der Waals surface area contributed by atoms with E-state index in [1.807, 2.05) is 13.8 Å². The van der Waals surface area contributed by atoms with Gasteiger partial charge in [0.2, 0.25) is 0 Å². The van der Waals surface area contributed by atoms with Gasteiger partial charge in [0.1, 0.15) is 17.0 Å². The van der Waals surface area contributed by atoms with E-state index in [4.69, 9.17) is 5.26 Å². The summed E-state index contributed by atoms with van der Waals surface area (Å²) in [6, 6.07) is 14.0. The number of amides is 2. The second-order valence-electron chi connectivity index (χ2n) is 9.76. The largest absolute Gasteiger partial charge is 0.357 e. The number of aromatic nitrogens is 3. The molecule has 12 heteroatoms. The first-order valence-electron chi connectivity index (χ1n) is 12.9. The number of fused-ring (bicyclic) bond motifs is 1. The number of halogens is 1. The average Bonchev–Trinajstić information content (AvgIpc) is 3.40. The fraction of sp³-hybridized carbons (Fsp3) is 0.207. The number of hydrogen-bond donors (Lipinski definition) is 4. The van der Waals surface area contributed by atoms with Gasteiger partial charge in [-0.3, -0.25) is 19.4 Å². The average molecular weight is 554 g/mol. The van der Waals surface area contributed by atoms with Gasteiger partial charge in [0.05, 0.1) is 23.0 Å². The number of pyridine rings is 1. The first-order chi connectivity index (χ1) is 19.7. The van der Waals surface area contributed by atoms with Crippen LogP contribution in [0.25, 0.3) is 28.6 Å². The maximum atomic E-state index is 14.8. The molecule has 0 aliphatic carbocycles. The van der Waals surface area contributed by atoms with E-state index in [0.29, 0.717) is 44.3 Å². The Bertz CT molecular complexity index is 1870. The summed E-state index contributed by atoms with van der Waals surface area (Å²) < 4.78 is 18.0. The number of anilines is 2. The first-order valence-corrected chi connectivity index (χ1v) is 12.9. The Kier molecular flexibility index (Phi) is 7.37. The van der Waals surface area contributed by atoms with Crippen molar-refractivity contribution in [3.63, 3.8) is 0 Å². The van der Waals surface area contributed by atoms with Crippen LogP contribution in [0, 0.1) is 17.1 Å². The predicted molar refractivity (Wildman–Crippen MR) is 154 cm³/mol. The highest BCUT2D eigenvalue weighted by atomic mass is 19.1. The first kappa shape index (κ1) is 27.3. The van der Waals surface area contributed by atoms with Crippen LogP contribution in [0.4, 0.5) is 20.6 Å². The molecule has 0 saturated heterocycles. The van der Waals surface area contributed by atoms with Crippen molar-refractivity contribution in [2.45, 2.75) is 26.2 Å². The van der Waals surface area contributed by atoms with Crippen LogP contribution in [0.15, 0.2) is 64.5 Å². The van der Waals surface area contributed by atoms with E-state index in [1.165, 1.54) is 22.8 Å². The Balaban J connectivity index is 1.44. The fourth-order valence-corrected chi connectivity index (χ4v) is 4.43. The van der Waals surface area contributed by atoms with Gasteiger partial charge in [0.25, 0.3) is 5.56 Å². The van der Waals surface area contributed by atoms with Crippen LogP contribution in [-0.2, 0) is 7.05 Å². The summed E-state index contributed by atoms with van der Waals surface area (Å²) in [4.78, 5) is 30.7. The number of benzene rings is 2. The summed E-state index contributed by atoms with van der Waals surface area (Å²) in [5.41, 5.74) is 2.97. The number of carbonyl (C=O) groups excluding carboxylic acids is 1. The lowest BCUT2D eigenvalue weighted by molar-refractivity contribution is 0.262. The highest BCUT2D eigenvalue weighted by Crippen LogP contribution is 2.29. The Morgan fingerprint density at radius 3 is 2.49 bits per heavy atom. The van der Waals surface area contributed by atoms with Crippen LogP contribution in [0.3, 0.4) is 0 Å². The lowest BCUT2D eigenvalue weighted by Gasteiger charge is -2.17. The molecule has 1 atom stereocenters. The van der Waals surface area contributed by atoms with E-state index < -0.39 is 11.8 Å². The molecule has 1 aliphatic rings. The SMILES string of the molecule is CNC1N=c2c(cc(-c3ccc(F)c(NC(=O)Nc4cn(C(C)C)nc4-c4ccc(C#N)cc4)c3)c(=O)n2C)=CN1. The van der Waals surface area contributed by atoms with Crippen molar-refractivity contribution >= 4 is 23.6 Å². The number of urea groups is 1. The molecule has 2 aromatic carbocycles. The highest BCUT2D eigenvalue weighted by Gasteiger charge is 2.18. The molecule has 208 valence electrons. The zero-order valence-corrected chi connectivity index (χ0v) is 22.9. The Hall–Kier alpha value is -5.28. The van der Waals surface area contributed by atoms with Gasteiger partial charge in [-0.05, 0) is 56.8 Å². The molecule has 3 heterocycles. The monoisotopic (exact) mass is 553 g/mol. The van der Waals surface area contributed by atoms with E-state index in [1.54, 1.807) is 61.5 Å². The number of nitrogens with one attached hydrogen (secondary N) is 4. The molecule has 0 fully saturated rings. The van der Waals surface area contributed by atoms with Crippen LogP contribution in [0.5, 0.6) is 0 Å². The molecule has 4 aromatic rings. The van der Waals surface area contributed by atoms with Crippen molar-refractivity contribution < 1.29 is 9.18 Å². The molecule has 41 heavy (non-hydrogen) atoms. The van der Waals surface area contributed by atoms with Gasteiger partial charge in [-0.1, -0.05) is 18.2 Å². The van der Waals surface area contributed by atoms with Crippen molar-refractivity contribution in [1.29, 1.82) is 5.26 Å². The molecule has 2 amide bonds. The third-order valence-electron chi connectivity index (χ3n) is 6.65. The summed E-state index contributed by atoms with van der Waals surface area (Å²) in [5.74, 6) is -0.663. The normalized spacial score (nSPS) is 13.8. The second-order valence-corrected chi connectivity index (χ2v) is 9.76. The molecular weight excluding hydrogens is 525 g/mol. The summed E-state index contributed by atoms with van der Waals surface area (Å²) in [5, 5.41) is 25.8. The number of rotatable bonds is 6. The molecule has 1 aliphatic heterocycles. The maximum Gasteiger partial charge on any atom is 0.323 e. The fourth-order valence-electron chi connectivity index (χ4n) is 4.43. The van der Waals surface area contributed by atoms with E-state index in [9.17, 15) is 14.0 Å². The highest BCUT2D eigenvalue weighted by molar-refractivity contribution is 6.02. The molecule has 2 aromatic heterocycles. The molecule has 1 unspecified atom stereocenters. The topological polar surface area (TPSA) is 141 Å². The Labute approximate surface area is 234 Å². The van der Waals surface area contributed by atoms with E-state index in [2.05, 4.69) is 37.4 Å². The molecule has 0 saturated carbocycles. The van der Waals surface area contributed by atoms with Crippen molar-refractivity contribution in [3.8, 4) is 28.5 Å². The van der Waals surface area contributed by atoms with Gasteiger partial charge in [-0.15, -0.1) is 0 Å². The van der Waals surface area contributed by atoms with Gasteiger partial charge >= 0.3 is 6.03 Å².